The molecule has 0 aliphatic heterocycles. The molecule has 2 N–H and O–H groups in total. The molecule has 1 rings (SSSR count). The molecule has 112 valence electrons. The maximum Gasteiger partial charge on any atom is 0.337 e. The molecule has 0 unspecified atom stereocenters. The number of hydrogen-bond acceptors (Lipinski definition) is 5. The highest BCUT2D eigenvalue weighted by molar-refractivity contribution is 7.92. The molecular formula is C10H14N2O6S2. The maximum absolute atomic E-state index is 11.5. The molecule has 0 atom stereocenters. The van der Waals surface area contributed by atoms with Crippen LogP contribution in [0.15, 0.2) is 18.2 Å². The van der Waals surface area contributed by atoms with Gasteiger partial charge in [0.25, 0.3) is 0 Å². The van der Waals surface area contributed by atoms with E-state index in [1.807, 2.05) is 0 Å². The zero-order valence-corrected chi connectivity index (χ0v) is 12.6. The Morgan fingerprint density at radius 1 is 1.20 bits per heavy atom. The third kappa shape index (κ3) is 4.10. The fourth-order valence-electron chi connectivity index (χ4n) is 1.43. The van der Waals surface area contributed by atoms with Crippen LogP contribution < -0.4 is 9.03 Å². The van der Waals surface area contributed by atoms with E-state index in [1.54, 1.807) is 0 Å². The van der Waals surface area contributed by atoms with Crippen LogP contribution in [0.2, 0.25) is 0 Å². The highest BCUT2D eigenvalue weighted by Crippen LogP contribution is 2.26. The molecule has 8 nitrogen and oxygen atoms in total. The summed E-state index contributed by atoms with van der Waals surface area (Å²) in [6.45, 7) is 0. The van der Waals surface area contributed by atoms with Crippen molar-refractivity contribution in [2.24, 2.45) is 0 Å². The smallest absolute Gasteiger partial charge is 0.337 e. The first-order valence-electron chi connectivity index (χ1n) is 5.21. The van der Waals surface area contributed by atoms with E-state index in [9.17, 15) is 21.6 Å². The Kier molecular flexibility index (Phi) is 4.30. The summed E-state index contributed by atoms with van der Waals surface area (Å²) in [5, 5.41) is 9.04. The van der Waals surface area contributed by atoms with E-state index in [0.717, 1.165) is 28.9 Å². The Morgan fingerprint density at radius 2 is 1.75 bits per heavy atom. The molecule has 20 heavy (non-hydrogen) atoms. The van der Waals surface area contributed by atoms with E-state index < -0.39 is 26.0 Å². The van der Waals surface area contributed by atoms with Crippen LogP contribution in [0.1, 0.15) is 10.4 Å². The molecule has 0 aliphatic rings. The zero-order chi connectivity index (χ0) is 15.7. The second-order valence-electron chi connectivity index (χ2n) is 4.14. The van der Waals surface area contributed by atoms with Gasteiger partial charge in [0.05, 0.1) is 29.4 Å². The predicted octanol–water partition coefficient (Wildman–Crippen LogP) is 0.152. The molecule has 0 amide bonds. The maximum atomic E-state index is 11.5. The van der Waals surface area contributed by atoms with E-state index in [1.165, 1.54) is 13.1 Å². The first-order valence-corrected chi connectivity index (χ1v) is 8.95. The number of hydrogen-bond donors (Lipinski definition) is 2. The fourth-order valence-corrected chi connectivity index (χ4v) is 2.49. The van der Waals surface area contributed by atoms with Crippen molar-refractivity contribution in [3.63, 3.8) is 0 Å². The number of carbonyl (C=O) groups is 1. The van der Waals surface area contributed by atoms with Crippen LogP contribution in [-0.4, -0.2) is 47.5 Å². The SMILES string of the molecule is CN(c1cc(NS(C)(=O)=O)ccc1C(=O)O)S(C)(=O)=O. The molecule has 0 fully saturated rings. The van der Waals surface area contributed by atoms with Gasteiger partial charge >= 0.3 is 5.97 Å². The van der Waals surface area contributed by atoms with Crippen molar-refractivity contribution in [1.82, 2.24) is 0 Å². The lowest BCUT2D eigenvalue weighted by molar-refractivity contribution is 0.0698. The van der Waals surface area contributed by atoms with Gasteiger partial charge in [-0.15, -0.1) is 0 Å². The van der Waals surface area contributed by atoms with Gasteiger partial charge < -0.3 is 5.11 Å². The molecule has 0 aliphatic carbocycles. The number of carboxylic acid groups (broad SMARTS) is 1. The average Bonchev–Trinajstić information content (AvgIpc) is 2.24. The molecule has 0 radical (unpaired) electrons. The van der Waals surface area contributed by atoms with Crippen molar-refractivity contribution in [2.75, 3.05) is 28.6 Å². The van der Waals surface area contributed by atoms with Gasteiger partial charge in [-0.1, -0.05) is 0 Å². The number of aromatic carboxylic acids is 1. The third-order valence-electron chi connectivity index (χ3n) is 2.37. The van der Waals surface area contributed by atoms with Crippen molar-refractivity contribution in [2.45, 2.75) is 0 Å². The lowest BCUT2D eigenvalue weighted by Crippen LogP contribution is -2.27. The minimum atomic E-state index is -3.68. The number of rotatable bonds is 5. The largest absolute Gasteiger partial charge is 0.478 e. The fraction of sp³-hybridized carbons (Fsp3) is 0.300. The number of nitrogens with one attached hydrogen (secondary N) is 1. The molecular weight excluding hydrogens is 308 g/mol. The van der Waals surface area contributed by atoms with Crippen LogP contribution in [0.5, 0.6) is 0 Å². The van der Waals surface area contributed by atoms with Crippen LogP contribution in [-0.2, 0) is 20.0 Å². The van der Waals surface area contributed by atoms with Crippen LogP contribution in [0.3, 0.4) is 0 Å². The van der Waals surface area contributed by atoms with Gasteiger partial charge in [-0.3, -0.25) is 9.03 Å². The number of sulfonamides is 2. The van der Waals surface area contributed by atoms with Crippen molar-refractivity contribution >= 4 is 37.4 Å². The van der Waals surface area contributed by atoms with Gasteiger partial charge in [-0.05, 0) is 18.2 Å². The quantitative estimate of drug-likeness (QED) is 0.796. The summed E-state index contributed by atoms with van der Waals surface area (Å²) in [6.07, 6.45) is 1.84. The number of nitrogens with zero attached hydrogens (tertiary/aromatic N) is 1. The molecule has 0 bridgehead atoms. The third-order valence-corrected chi connectivity index (χ3v) is 4.17. The number of carboxylic acids is 1. The average molecular weight is 322 g/mol. The Labute approximate surface area is 117 Å². The van der Waals surface area contributed by atoms with E-state index in [0.29, 0.717) is 0 Å². The minimum Gasteiger partial charge on any atom is -0.478 e. The molecule has 10 heteroatoms. The summed E-state index contributed by atoms with van der Waals surface area (Å²) in [7, 11) is -6.05. The van der Waals surface area contributed by atoms with Crippen LogP contribution in [0.4, 0.5) is 11.4 Å². The van der Waals surface area contributed by atoms with Crippen molar-refractivity contribution in [1.29, 1.82) is 0 Å². The lowest BCUT2D eigenvalue weighted by Gasteiger charge is -2.19. The van der Waals surface area contributed by atoms with Crippen LogP contribution in [0, 0.1) is 0 Å². The summed E-state index contributed by atoms with van der Waals surface area (Å²) in [6, 6.07) is 3.52. The van der Waals surface area contributed by atoms with Crippen molar-refractivity contribution in [3.05, 3.63) is 23.8 Å². The van der Waals surface area contributed by atoms with Crippen molar-refractivity contribution < 1.29 is 26.7 Å². The molecule has 1 aromatic carbocycles. The molecule has 1 aromatic rings. The summed E-state index contributed by atoms with van der Waals surface area (Å²) < 4.78 is 48.2. The highest BCUT2D eigenvalue weighted by Gasteiger charge is 2.20. The Morgan fingerprint density at radius 3 is 2.15 bits per heavy atom. The summed E-state index contributed by atoms with van der Waals surface area (Å²) in [4.78, 5) is 11.1. The topological polar surface area (TPSA) is 121 Å². The van der Waals surface area contributed by atoms with Gasteiger partial charge in [-0.25, -0.2) is 21.6 Å². The summed E-state index contributed by atoms with van der Waals surface area (Å²) in [5.41, 5.74) is -0.311. The Bertz CT molecular complexity index is 739. The Hall–Kier alpha value is -1.81. The molecule has 0 spiro atoms. The normalized spacial score (nSPS) is 11.9. The zero-order valence-electron chi connectivity index (χ0n) is 11.0. The molecule has 0 heterocycles. The van der Waals surface area contributed by atoms with E-state index in [4.69, 9.17) is 5.11 Å². The highest BCUT2D eigenvalue weighted by atomic mass is 32.2. The molecule has 0 aromatic heterocycles. The van der Waals surface area contributed by atoms with Gasteiger partial charge in [-0.2, -0.15) is 0 Å². The van der Waals surface area contributed by atoms with Gasteiger partial charge in [0.15, 0.2) is 0 Å². The van der Waals surface area contributed by atoms with Gasteiger partial charge in [0, 0.05) is 7.05 Å². The monoisotopic (exact) mass is 322 g/mol. The molecule has 0 saturated carbocycles. The summed E-state index contributed by atoms with van der Waals surface area (Å²) >= 11 is 0. The summed E-state index contributed by atoms with van der Waals surface area (Å²) in [5.74, 6) is -1.32. The van der Waals surface area contributed by atoms with Crippen LogP contribution >= 0.6 is 0 Å². The standard InChI is InChI=1S/C10H14N2O6S2/c1-12(20(3,17)18)9-6-7(11-19(2,15)16)4-5-8(9)10(13)14/h4-6,11H,1-3H3,(H,13,14). The molecule has 0 saturated heterocycles. The second-order valence-corrected chi connectivity index (χ2v) is 7.90. The van der Waals surface area contributed by atoms with Gasteiger partial charge in [0.1, 0.15) is 0 Å². The second kappa shape index (κ2) is 5.29. The minimum absolute atomic E-state index is 0.0722. The van der Waals surface area contributed by atoms with Crippen LogP contribution in [0.25, 0.3) is 0 Å². The van der Waals surface area contributed by atoms with E-state index in [2.05, 4.69) is 4.72 Å². The number of benzene rings is 1. The van der Waals surface area contributed by atoms with Crippen molar-refractivity contribution in [3.8, 4) is 0 Å². The first kappa shape index (κ1) is 16.2. The van der Waals surface area contributed by atoms with E-state index >= 15 is 0 Å². The number of anilines is 2. The lowest BCUT2D eigenvalue weighted by atomic mass is 10.1. The predicted molar refractivity (Wildman–Crippen MR) is 75.1 cm³/mol. The van der Waals surface area contributed by atoms with E-state index in [-0.39, 0.29) is 16.9 Å². The van der Waals surface area contributed by atoms with Gasteiger partial charge in [0.2, 0.25) is 20.0 Å². The Balaban J connectivity index is 3.44. The first-order chi connectivity index (χ1) is 8.92.